The Morgan fingerprint density at radius 3 is 2.39 bits per heavy atom. The molecule has 1 atom stereocenters. The van der Waals surface area contributed by atoms with Crippen LogP contribution in [0.1, 0.15) is 13.3 Å². The average Bonchev–Trinajstić information content (AvgIpc) is 2.98. The molecular weight excluding hydrogens is 371 g/mol. The van der Waals surface area contributed by atoms with Gasteiger partial charge in [0.1, 0.15) is 9.75 Å². The Hall–Kier alpha value is -1.05. The molecule has 1 fully saturated rings. The van der Waals surface area contributed by atoms with Gasteiger partial charge in [0.2, 0.25) is 0 Å². The van der Waals surface area contributed by atoms with E-state index in [2.05, 4.69) is 5.32 Å². The fourth-order valence-electron chi connectivity index (χ4n) is 1.83. The Balaban J connectivity index is 1.80. The number of benzene rings is 1. The third-order valence-electron chi connectivity index (χ3n) is 3.41. The zero-order valence-electron chi connectivity index (χ0n) is 11.9. The molecule has 23 heavy (non-hydrogen) atoms. The average molecular weight is 384 g/mol. The minimum atomic E-state index is -2.50. The van der Waals surface area contributed by atoms with Crippen LogP contribution in [0.4, 0.5) is 14.5 Å². The first kappa shape index (κ1) is 18.3. The SMILES string of the molecule is CC1(C(=O)OCC(=O)Nc2ccc(SC(F)F)cc2)CC1(Cl)Cl. The molecule has 0 radical (unpaired) electrons. The second-order valence-corrected chi connectivity index (χ2v) is 7.79. The van der Waals surface area contributed by atoms with Crippen LogP contribution in [0.3, 0.4) is 0 Å². The van der Waals surface area contributed by atoms with Crippen molar-refractivity contribution in [3.05, 3.63) is 24.3 Å². The molecular formula is C14H13Cl2F2NO3S. The third-order valence-corrected chi connectivity index (χ3v) is 5.23. The molecule has 1 N–H and O–H groups in total. The van der Waals surface area contributed by atoms with Crippen molar-refractivity contribution in [1.82, 2.24) is 0 Å². The van der Waals surface area contributed by atoms with Crippen LogP contribution in [0.2, 0.25) is 0 Å². The van der Waals surface area contributed by atoms with Gasteiger partial charge < -0.3 is 10.1 Å². The predicted octanol–water partition coefficient (Wildman–Crippen LogP) is 4.07. The van der Waals surface area contributed by atoms with Crippen LogP contribution in [0.5, 0.6) is 0 Å². The second kappa shape index (κ2) is 6.83. The van der Waals surface area contributed by atoms with E-state index in [1.165, 1.54) is 24.3 Å². The summed E-state index contributed by atoms with van der Waals surface area (Å²) in [5, 5.41) is 2.49. The molecule has 0 bridgehead atoms. The Labute approximate surface area is 145 Å². The summed E-state index contributed by atoms with van der Waals surface area (Å²) in [6.45, 7) is 1.08. The summed E-state index contributed by atoms with van der Waals surface area (Å²) in [6, 6.07) is 5.88. The molecule has 126 valence electrons. The van der Waals surface area contributed by atoms with Crippen molar-refractivity contribution in [1.29, 1.82) is 0 Å². The van der Waals surface area contributed by atoms with Gasteiger partial charge in [-0.25, -0.2) is 0 Å². The van der Waals surface area contributed by atoms with Gasteiger partial charge in [-0.15, -0.1) is 23.2 Å². The van der Waals surface area contributed by atoms with Crippen molar-refractivity contribution in [2.45, 2.75) is 28.3 Å². The standard InChI is InChI=1S/C14H13Cl2F2NO3S/c1-13(7-14(13,15)16)11(21)22-6-10(20)19-8-2-4-9(5-3-8)23-12(17)18/h2-5,12H,6-7H2,1H3,(H,19,20). The monoisotopic (exact) mass is 383 g/mol. The van der Waals surface area contributed by atoms with Crippen molar-refractivity contribution in [2.24, 2.45) is 5.41 Å². The third kappa shape index (κ3) is 4.49. The second-order valence-electron chi connectivity index (χ2n) is 5.24. The van der Waals surface area contributed by atoms with Crippen LogP contribution in [0.25, 0.3) is 0 Å². The molecule has 1 aromatic rings. The summed E-state index contributed by atoms with van der Waals surface area (Å²) in [6.07, 6.45) is 0.271. The lowest BCUT2D eigenvalue weighted by molar-refractivity contribution is -0.152. The number of hydrogen-bond acceptors (Lipinski definition) is 4. The van der Waals surface area contributed by atoms with Gasteiger partial charge in [0, 0.05) is 17.0 Å². The van der Waals surface area contributed by atoms with E-state index in [9.17, 15) is 18.4 Å². The van der Waals surface area contributed by atoms with Gasteiger partial charge in [-0.3, -0.25) is 9.59 Å². The number of ether oxygens (including phenoxy) is 1. The van der Waals surface area contributed by atoms with Crippen LogP contribution >= 0.6 is 35.0 Å². The molecule has 0 aromatic heterocycles. The van der Waals surface area contributed by atoms with Gasteiger partial charge in [-0.05, 0) is 31.2 Å². The molecule has 1 saturated carbocycles. The smallest absolute Gasteiger partial charge is 0.315 e. The number of carbonyl (C=O) groups is 2. The van der Waals surface area contributed by atoms with E-state index in [1.807, 2.05) is 0 Å². The van der Waals surface area contributed by atoms with Gasteiger partial charge in [0.05, 0.1) is 0 Å². The minimum absolute atomic E-state index is 0.271. The number of rotatable bonds is 6. The van der Waals surface area contributed by atoms with E-state index in [4.69, 9.17) is 27.9 Å². The van der Waals surface area contributed by atoms with Crippen LogP contribution in [-0.4, -0.2) is 28.6 Å². The summed E-state index contributed by atoms with van der Waals surface area (Å²) >= 11 is 12.1. The highest BCUT2D eigenvalue weighted by atomic mass is 35.5. The lowest BCUT2D eigenvalue weighted by Gasteiger charge is -2.12. The number of anilines is 1. The fraction of sp³-hybridized carbons (Fsp3) is 0.429. The summed E-state index contributed by atoms with van der Waals surface area (Å²) in [5.74, 6) is -3.69. The first-order valence-electron chi connectivity index (χ1n) is 6.54. The van der Waals surface area contributed by atoms with E-state index >= 15 is 0 Å². The highest BCUT2D eigenvalue weighted by molar-refractivity contribution is 7.99. The Kier molecular flexibility index (Phi) is 5.43. The molecule has 1 aliphatic rings. The molecule has 1 aliphatic carbocycles. The van der Waals surface area contributed by atoms with Gasteiger partial charge in [0.25, 0.3) is 11.7 Å². The molecule has 4 nitrogen and oxygen atoms in total. The summed E-state index contributed by atoms with van der Waals surface area (Å²) in [4.78, 5) is 23.9. The number of thioether (sulfide) groups is 1. The topological polar surface area (TPSA) is 55.4 Å². The quantitative estimate of drug-likeness (QED) is 0.457. The van der Waals surface area contributed by atoms with Crippen molar-refractivity contribution in [3.63, 3.8) is 0 Å². The lowest BCUT2D eigenvalue weighted by atomic mass is 10.1. The summed E-state index contributed by atoms with van der Waals surface area (Å²) in [5.41, 5.74) is -0.587. The Morgan fingerprint density at radius 1 is 1.35 bits per heavy atom. The maximum absolute atomic E-state index is 12.2. The van der Waals surface area contributed by atoms with E-state index in [-0.39, 0.29) is 6.42 Å². The molecule has 9 heteroatoms. The fourth-order valence-corrected chi connectivity index (χ4v) is 3.02. The van der Waals surface area contributed by atoms with Crippen molar-refractivity contribution >= 4 is 52.5 Å². The zero-order chi connectivity index (χ0) is 17.3. The zero-order valence-corrected chi connectivity index (χ0v) is 14.3. The van der Waals surface area contributed by atoms with Crippen LogP contribution < -0.4 is 5.32 Å². The Bertz CT molecular complexity index is 613. The van der Waals surface area contributed by atoms with Gasteiger partial charge in [-0.1, -0.05) is 11.8 Å². The van der Waals surface area contributed by atoms with Crippen molar-refractivity contribution < 1.29 is 23.1 Å². The van der Waals surface area contributed by atoms with E-state index in [1.54, 1.807) is 6.92 Å². The maximum atomic E-state index is 12.2. The molecule has 0 spiro atoms. The number of esters is 1. The molecule has 1 aromatic carbocycles. The van der Waals surface area contributed by atoms with Crippen LogP contribution in [0.15, 0.2) is 29.2 Å². The highest BCUT2D eigenvalue weighted by Crippen LogP contribution is 2.64. The number of amides is 1. The predicted molar refractivity (Wildman–Crippen MR) is 85.1 cm³/mol. The van der Waals surface area contributed by atoms with Gasteiger partial charge >= 0.3 is 5.97 Å². The molecule has 0 heterocycles. The molecule has 1 unspecified atom stereocenters. The first-order chi connectivity index (χ1) is 10.6. The number of halogens is 4. The summed E-state index contributed by atoms with van der Waals surface area (Å²) < 4.78 is 28.1. The molecule has 2 rings (SSSR count). The van der Waals surface area contributed by atoms with Crippen molar-refractivity contribution in [3.8, 4) is 0 Å². The lowest BCUT2D eigenvalue weighted by Crippen LogP contribution is -2.26. The van der Waals surface area contributed by atoms with Crippen LogP contribution in [0, 0.1) is 5.41 Å². The number of carbonyl (C=O) groups excluding carboxylic acids is 2. The summed E-state index contributed by atoms with van der Waals surface area (Å²) in [7, 11) is 0. The Morgan fingerprint density at radius 2 is 1.91 bits per heavy atom. The largest absolute Gasteiger partial charge is 0.455 e. The molecule has 1 amide bonds. The number of nitrogens with one attached hydrogen (secondary N) is 1. The maximum Gasteiger partial charge on any atom is 0.315 e. The van der Waals surface area contributed by atoms with Crippen LogP contribution in [-0.2, 0) is 14.3 Å². The first-order valence-corrected chi connectivity index (χ1v) is 8.17. The van der Waals surface area contributed by atoms with E-state index in [0.29, 0.717) is 22.3 Å². The van der Waals surface area contributed by atoms with E-state index in [0.717, 1.165) is 0 Å². The molecule has 0 saturated heterocycles. The number of alkyl halides is 4. The van der Waals surface area contributed by atoms with E-state index < -0.39 is 34.0 Å². The normalized spacial score (nSPS) is 21.8. The number of hydrogen-bond donors (Lipinski definition) is 1. The minimum Gasteiger partial charge on any atom is -0.455 e. The van der Waals surface area contributed by atoms with Gasteiger partial charge in [-0.2, -0.15) is 8.78 Å². The van der Waals surface area contributed by atoms with Gasteiger partial charge in [0.15, 0.2) is 6.61 Å². The van der Waals surface area contributed by atoms with Crippen molar-refractivity contribution in [2.75, 3.05) is 11.9 Å². The molecule has 0 aliphatic heterocycles. The highest BCUT2D eigenvalue weighted by Gasteiger charge is 2.69.